The number of rotatable bonds is 5. The molecule has 3 rings (SSSR count). The quantitative estimate of drug-likeness (QED) is 0.716. The monoisotopic (exact) mass is 337 g/mol. The lowest BCUT2D eigenvalue weighted by atomic mass is 10.2. The van der Waals surface area contributed by atoms with Crippen molar-refractivity contribution in [2.45, 2.75) is 20.0 Å². The standard InChI is InChI=1S/C20H20FN3O/c1-15-4-2-5-18(12-15)23-20(25)22-13-19-6-3-11-24(19)14-16-7-9-17(21)10-8-16/h2-12H,13-14H2,1H3,(H2,22,23,25). The summed E-state index contributed by atoms with van der Waals surface area (Å²) >= 11 is 0. The number of nitrogens with zero attached hydrogens (tertiary/aromatic N) is 1. The Morgan fingerprint density at radius 1 is 1.08 bits per heavy atom. The van der Waals surface area contributed by atoms with Gasteiger partial charge in [-0.2, -0.15) is 0 Å². The molecule has 5 heteroatoms. The van der Waals surface area contributed by atoms with Gasteiger partial charge >= 0.3 is 6.03 Å². The van der Waals surface area contributed by atoms with Crippen LogP contribution < -0.4 is 10.6 Å². The van der Waals surface area contributed by atoms with Gasteiger partial charge in [0.05, 0.1) is 6.54 Å². The van der Waals surface area contributed by atoms with E-state index in [1.54, 1.807) is 12.1 Å². The zero-order chi connectivity index (χ0) is 17.6. The number of hydrogen-bond acceptors (Lipinski definition) is 1. The molecule has 0 unspecified atom stereocenters. The Kier molecular flexibility index (Phi) is 5.14. The fourth-order valence-corrected chi connectivity index (χ4v) is 2.62. The predicted octanol–water partition coefficient (Wildman–Crippen LogP) is 4.31. The number of aromatic nitrogens is 1. The normalized spacial score (nSPS) is 10.5. The van der Waals surface area contributed by atoms with E-state index in [0.717, 1.165) is 22.5 Å². The van der Waals surface area contributed by atoms with Gasteiger partial charge in [0, 0.05) is 24.1 Å². The van der Waals surface area contributed by atoms with Gasteiger partial charge in [-0.3, -0.25) is 0 Å². The van der Waals surface area contributed by atoms with Crippen molar-refractivity contribution in [2.75, 3.05) is 5.32 Å². The van der Waals surface area contributed by atoms with E-state index in [1.807, 2.05) is 54.1 Å². The molecule has 4 nitrogen and oxygen atoms in total. The van der Waals surface area contributed by atoms with E-state index in [2.05, 4.69) is 10.6 Å². The number of carbonyl (C=O) groups is 1. The third kappa shape index (κ3) is 4.70. The van der Waals surface area contributed by atoms with E-state index in [9.17, 15) is 9.18 Å². The molecule has 128 valence electrons. The lowest BCUT2D eigenvalue weighted by Crippen LogP contribution is -2.29. The molecule has 1 aromatic heterocycles. The summed E-state index contributed by atoms with van der Waals surface area (Å²) in [6, 6.07) is 17.7. The SMILES string of the molecule is Cc1cccc(NC(=O)NCc2cccn2Cc2ccc(F)cc2)c1. The largest absolute Gasteiger partial charge is 0.345 e. The molecule has 0 radical (unpaired) electrons. The fraction of sp³-hybridized carbons (Fsp3) is 0.150. The van der Waals surface area contributed by atoms with Crippen LogP contribution in [0.3, 0.4) is 0 Å². The molecule has 0 saturated carbocycles. The van der Waals surface area contributed by atoms with Crippen LogP contribution >= 0.6 is 0 Å². The number of carbonyl (C=O) groups excluding carboxylic acids is 1. The first-order valence-corrected chi connectivity index (χ1v) is 8.10. The lowest BCUT2D eigenvalue weighted by Gasteiger charge is -2.11. The molecule has 3 aromatic rings. The minimum atomic E-state index is -0.250. The molecule has 0 aliphatic rings. The Labute approximate surface area is 146 Å². The van der Waals surface area contributed by atoms with Gasteiger partial charge < -0.3 is 15.2 Å². The van der Waals surface area contributed by atoms with E-state index in [-0.39, 0.29) is 11.8 Å². The number of anilines is 1. The number of benzene rings is 2. The van der Waals surface area contributed by atoms with Crippen molar-refractivity contribution in [2.24, 2.45) is 0 Å². The van der Waals surface area contributed by atoms with Crippen LogP contribution in [-0.2, 0) is 13.1 Å². The summed E-state index contributed by atoms with van der Waals surface area (Å²) in [6.45, 7) is 3.01. The summed E-state index contributed by atoms with van der Waals surface area (Å²) in [6.07, 6.45) is 1.94. The highest BCUT2D eigenvalue weighted by molar-refractivity contribution is 5.89. The van der Waals surface area contributed by atoms with Crippen LogP contribution in [0.25, 0.3) is 0 Å². The van der Waals surface area contributed by atoms with Crippen LogP contribution in [0, 0.1) is 12.7 Å². The molecule has 0 atom stereocenters. The van der Waals surface area contributed by atoms with E-state index >= 15 is 0 Å². The smallest absolute Gasteiger partial charge is 0.319 e. The molecule has 0 saturated heterocycles. The number of nitrogens with one attached hydrogen (secondary N) is 2. The summed E-state index contributed by atoms with van der Waals surface area (Å²) in [4.78, 5) is 12.1. The summed E-state index contributed by atoms with van der Waals surface area (Å²) in [7, 11) is 0. The van der Waals surface area contributed by atoms with Gasteiger partial charge in [-0.25, -0.2) is 9.18 Å². The maximum Gasteiger partial charge on any atom is 0.319 e. The molecule has 2 N–H and O–H groups in total. The van der Waals surface area contributed by atoms with E-state index in [1.165, 1.54) is 12.1 Å². The Hall–Kier alpha value is -3.08. The van der Waals surface area contributed by atoms with Crippen LogP contribution in [0.1, 0.15) is 16.8 Å². The van der Waals surface area contributed by atoms with Crippen molar-refractivity contribution < 1.29 is 9.18 Å². The first-order chi connectivity index (χ1) is 12.1. The van der Waals surface area contributed by atoms with Gasteiger partial charge in [-0.15, -0.1) is 0 Å². The molecule has 25 heavy (non-hydrogen) atoms. The zero-order valence-corrected chi connectivity index (χ0v) is 14.0. The maximum atomic E-state index is 13.0. The third-order valence-electron chi connectivity index (χ3n) is 3.90. The summed E-state index contributed by atoms with van der Waals surface area (Å²) in [5.41, 5.74) is 3.83. The van der Waals surface area contributed by atoms with Crippen LogP contribution in [0.5, 0.6) is 0 Å². The highest BCUT2D eigenvalue weighted by Gasteiger charge is 2.06. The van der Waals surface area contributed by atoms with E-state index < -0.39 is 0 Å². The molecule has 2 aromatic carbocycles. The third-order valence-corrected chi connectivity index (χ3v) is 3.90. The molecule has 0 fully saturated rings. The average Bonchev–Trinajstić information content (AvgIpc) is 3.02. The molecule has 1 heterocycles. The topological polar surface area (TPSA) is 46.1 Å². The Bertz CT molecular complexity index is 855. The highest BCUT2D eigenvalue weighted by Crippen LogP contribution is 2.11. The van der Waals surface area contributed by atoms with E-state index in [0.29, 0.717) is 13.1 Å². The molecule has 0 spiro atoms. The van der Waals surface area contributed by atoms with E-state index in [4.69, 9.17) is 0 Å². The van der Waals surface area contributed by atoms with Gasteiger partial charge in [0.2, 0.25) is 0 Å². The maximum absolute atomic E-state index is 13.0. The second-order valence-electron chi connectivity index (χ2n) is 5.93. The number of hydrogen-bond donors (Lipinski definition) is 2. The minimum Gasteiger partial charge on any atom is -0.345 e. The fourth-order valence-electron chi connectivity index (χ4n) is 2.62. The Balaban J connectivity index is 1.57. The van der Waals surface area contributed by atoms with Gasteiger partial charge in [-0.1, -0.05) is 24.3 Å². The highest BCUT2D eigenvalue weighted by atomic mass is 19.1. The molecule has 2 amide bonds. The molecular formula is C20H20FN3O. The predicted molar refractivity (Wildman–Crippen MR) is 97.0 cm³/mol. The van der Waals surface area contributed by atoms with Crippen molar-refractivity contribution in [3.63, 3.8) is 0 Å². The van der Waals surface area contributed by atoms with Crippen molar-refractivity contribution in [3.8, 4) is 0 Å². The van der Waals surface area contributed by atoms with Gasteiger partial charge in [0.15, 0.2) is 0 Å². The van der Waals surface area contributed by atoms with Crippen LogP contribution in [0.15, 0.2) is 66.9 Å². The van der Waals surface area contributed by atoms with Crippen molar-refractivity contribution in [3.05, 3.63) is 89.5 Å². The van der Waals surface area contributed by atoms with Crippen LogP contribution in [-0.4, -0.2) is 10.6 Å². The summed E-state index contributed by atoms with van der Waals surface area (Å²) in [5, 5.41) is 5.68. The second kappa shape index (κ2) is 7.66. The number of amides is 2. The van der Waals surface area contributed by atoms with Gasteiger partial charge in [0.25, 0.3) is 0 Å². The first-order valence-electron chi connectivity index (χ1n) is 8.10. The van der Waals surface area contributed by atoms with Crippen LogP contribution in [0.4, 0.5) is 14.9 Å². The summed E-state index contributed by atoms with van der Waals surface area (Å²) < 4.78 is 15.0. The van der Waals surface area contributed by atoms with Crippen molar-refractivity contribution in [1.82, 2.24) is 9.88 Å². The van der Waals surface area contributed by atoms with Crippen molar-refractivity contribution >= 4 is 11.7 Å². The number of urea groups is 1. The Morgan fingerprint density at radius 3 is 2.64 bits per heavy atom. The number of halogens is 1. The molecule has 0 aliphatic heterocycles. The van der Waals surface area contributed by atoms with Gasteiger partial charge in [-0.05, 0) is 54.4 Å². The van der Waals surface area contributed by atoms with Gasteiger partial charge in [0.1, 0.15) is 5.82 Å². The number of aryl methyl sites for hydroxylation is 1. The zero-order valence-electron chi connectivity index (χ0n) is 14.0. The average molecular weight is 337 g/mol. The Morgan fingerprint density at radius 2 is 1.88 bits per heavy atom. The second-order valence-corrected chi connectivity index (χ2v) is 5.93. The lowest BCUT2D eigenvalue weighted by molar-refractivity contribution is 0.251. The molecule has 0 aliphatic carbocycles. The molecular weight excluding hydrogens is 317 g/mol. The molecule has 0 bridgehead atoms. The van der Waals surface area contributed by atoms with Crippen LogP contribution in [0.2, 0.25) is 0 Å². The summed E-state index contributed by atoms with van der Waals surface area (Å²) in [5.74, 6) is -0.244. The minimum absolute atomic E-state index is 0.244. The first kappa shape index (κ1) is 16.8. The van der Waals surface area contributed by atoms with Crippen molar-refractivity contribution in [1.29, 1.82) is 0 Å².